The minimum absolute atomic E-state index is 0.00815. The maximum atomic E-state index is 12.3. The van der Waals surface area contributed by atoms with Crippen molar-refractivity contribution in [1.29, 1.82) is 0 Å². The SMILES string of the molecule is CCOC(=O)c1sc(NC(=O)CN(C)CC(=O)Nc2cc(Cl)ccc2OC)cc1C. The summed E-state index contributed by atoms with van der Waals surface area (Å²) in [6.07, 6.45) is 0. The van der Waals surface area contributed by atoms with Gasteiger partial charge in [-0.25, -0.2) is 4.79 Å². The Hall–Kier alpha value is -2.62. The second-order valence-corrected chi connectivity index (χ2v) is 7.95. The van der Waals surface area contributed by atoms with Crippen molar-refractivity contribution < 1.29 is 23.9 Å². The number of hydrogen-bond donors (Lipinski definition) is 2. The van der Waals surface area contributed by atoms with Crippen molar-refractivity contribution in [2.45, 2.75) is 13.8 Å². The number of anilines is 2. The lowest BCUT2D eigenvalue weighted by Crippen LogP contribution is -2.36. The van der Waals surface area contributed by atoms with Gasteiger partial charge in [-0.3, -0.25) is 14.5 Å². The van der Waals surface area contributed by atoms with E-state index >= 15 is 0 Å². The summed E-state index contributed by atoms with van der Waals surface area (Å²) in [7, 11) is 3.15. The van der Waals surface area contributed by atoms with E-state index in [1.807, 2.05) is 0 Å². The highest BCUT2D eigenvalue weighted by atomic mass is 35.5. The third kappa shape index (κ3) is 6.72. The van der Waals surface area contributed by atoms with Crippen molar-refractivity contribution in [3.63, 3.8) is 0 Å². The van der Waals surface area contributed by atoms with Crippen LogP contribution in [0.3, 0.4) is 0 Å². The van der Waals surface area contributed by atoms with Gasteiger partial charge in [0.2, 0.25) is 11.8 Å². The first-order valence-electron chi connectivity index (χ1n) is 9.12. The first kappa shape index (κ1) is 23.7. The van der Waals surface area contributed by atoms with E-state index in [-0.39, 0.29) is 31.5 Å². The van der Waals surface area contributed by atoms with Crippen LogP contribution in [0.15, 0.2) is 24.3 Å². The van der Waals surface area contributed by atoms with E-state index in [0.29, 0.717) is 26.3 Å². The predicted octanol–water partition coefficient (Wildman–Crippen LogP) is 3.40. The summed E-state index contributed by atoms with van der Waals surface area (Å²) >= 11 is 7.11. The monoisotopic (exact) mass is 453 g/mol. The summed E-state index contributed by atoms with van der Waals surface area (Å²) in [6.45, 7) is 3.77. The lowest BCUT2D eigenvalue weighted by molar-refractivity contribution is -0.119. The molecule has 2 aromatic rings. The number of methoxy groups -OCH3 is 1. The Labute approximate surface area is 184 Å². The molecule has 0 aliphatic heterocycles. The van der Waals surface area contributed by atoms with E-state index in [1.165, 1.54) is 7.11 Å². The van der Waals surface area contributed by atoms with Crippen LogP contribution in [0.2, 0.25) is 5.02 Å². The Morgan fingerprint density at radius 3 is 2.43 bits per heavy atom. The minimum Gasteiger partial charge on any atom is -0.495 e. The summed E-state index contributed by atoms with van der Waals surface area (Å²) in [5.74, 6) is -0.547. The number of carbonyl (C=O) groups excluding carboxylic acids is 3. The Morgan fingerprint density at radius 2 is 1.80 bits per heavy atom. The van der Waals surface area contributed by atoms with E-state index in [4.69, 9.17) is 21.1 Å². The summed E-state index contributed by atoms with van der Waals surface area (Å²) in [5.41, 5.74) is 1.19. The molecule has 0 saturated carbocycles. The number of benzene rings is 1. The average Bonchev–Trinajstić information content (AvgIpc) is 3.01. The van der Waals surface area contributed by atoms with Crippen LogP contribution in [-0.4, -0.2) is 56.5 Å². The molecule has 0 radical (unpaired) electrons. The van der Waals surface area contributed by atoms with Crippen LogP contribution in [-0.2, 0) is 14.3 Å². The van der Waals surface area contributed by atoms with Gasteiger partial charge in [0.1, 0.15) is 10.6 Å². The predicted molar refractivity (Wildman–Crippen MR) is 118 cm³/mol. The maximum Gasteiger partial charge on any atom is 0.348 e. The zero-order valence-corrected chi connectivity index (χ0v) is 18.8. The molecule has 0 spiro atoms. The molecule has 8 nitrogen and oxygen atoms in total. The first-order valence-corrected chi connectivity index (χ1v) is 10.3. The molecule has 0 saturated heterocycles. The number of likely N-dealkylation sites (N-methyl/N-ethyl adjacent to an activating group) is 1. The lowest BCUT2D eigenvalue weighted by atomic mass is 10.3. The number of nitrogens with zero attached hydrogens (tertiary/aromatic N) is 1. The van der Waals surface area contributed by atoms with Crippen molar-refractivity contribution >= 4 is 51.4 Å². The van der Waals surface area contributed by atoms with Crippen LogP contribution in [0.4, 0.5) is 10.7 Å². The zero-order chi connectivity index (χ0) is 22.3. The third-order valence-electron chi connectivity index (χ3n) is 3.90. The van der Waals surface area contributed by atoms with Crippen LogP contribution >= 0.6 is 22.9 Å². The summed E-state index contributed by atoms with van der Waals surface area (Å²) in [4.78, 5) is 38.5. The second-order valence-electron chi connectivity index (χ2n) is 6.46. The molecular weight excluding hydrogens is 430 g/mol. The van der Waals surface area contributed by atoms with E-state index in [1.54, 1.807) is 50.1 Å². The highest BCUT2D eigenvalue weighted by Crippen LogP contribution is 2.28. The fraction of sp³-hybridized carbons (Fsp3) is 0.350. The van der Waals surface area contributed by atoms with Gasteiger partial charge in [0.25, 0.3) is 0 Å². The smallest absolute Gasteiger partial charge is 0.348 e. The van der Waals surface area contributed by atoms with Crippen molar-refractivity contribution in [2.75, 3.05) is 44.5 Å². The summed E-state index contributed by atoms with van der Waals surface area (Å²) in [5, 5.41) is 6.47. The minimum atomic E-state index is -0.411. The number of esters is 1. The number of ether oxygens (including phenoxy) is 2. The van der Waals surface area contributed by atoms with Gasteiger partial charge >= 0.3 is 5.97 Å². The number of amides is 2. The van der Waals surface area contributed by atoms with Gasteiger partial charge in [-0.15, -0.1) is 11.3 Å². The topological polar surface area (TPSA) is 97.0 Å². The number of carbonyl (C=O) groups is 3. The highest BCUT2D eigenvalue weighted by molar-refractivity contribution is 7.18. The molecule has 2 rings (SSSR count). The third-order valence-corrected chi connectivity index (χ3v) is 5.27. The van der Waals surface area contributed by atoms with Crippen LogP contribution in [0.25, 0.3) is 0 Å². The van der Waals surface area contributed by atoms with Gasteiger partial charge in [-0.05, 0) is 50.7 Å². The fourth-order valence-electron chi connectivity index (χ4n) is 2.63. The zero-order valence-electron chi connectivity index (χ0n) is 17.2. The standard InChI is InChI=1S/C20H24ClN3O5S/c1-5-29-20(27)19-12(2)8-18(30-19)23-17(26)11-24(3)10-16(25)22-14-9-13(21)6-7-15(14)28-4/h6-9H,5,10-11H2,1-4H3,(H,22,25)(H,23,26). The normalized spacial score (nSPS) is 10.6. The molecule has 2 N–H and O–H groups in total. The molecule has 0 aliphatic rings. The molecule has 0 unspecified atom stereocenters. The molecule has 0 atom stereocenters. The van der Waals surface area contributed by atoms with E-state index in [2.05, 4.69) is 10.6 Å². The summed E-state index contributed by atoms with van der Waals surface area (Å²) in [6, 6.07) is 6.62. The molecule has 1 aromatic carbocycles. The molecule has 30 heavy (non-hydrogen) atoms. The number of halogens is 1. The van der Waals surface area contributed by atoms with Crippen LogP contribution in [0.5, 0.6) is 5.75 Å². The van der Waals surface area contributed by atoms with Crippen molar-refractivity contribution in [3.8, 4) is 5.75 Å². The molecule has 0 bridgehead atoms. The number of aryl methyl sites for hydroxylation is 1. The number of hydrogen-bond acceptors (Lipinski definition) is 7. The van der Waals surface area contributed by atoms with Gasteiger partial charge in [0.15, 0.2) is 0 Å². The molecule has 1 aromatic heterocycles. The molecule has 10 heteroatoms. The molecular formula is C20H24ClN3O5S. The first-order chi connectivity index (χ1) is 14.2. The van der Waals surface area contributed by atoms with Gasteiger partial charge in [0.05, 0.1) is 37.5 Å². The van der Waals surface area contributed by atoms with Crippen molar-refractivity contribution in [3.05, 3.63) is 39.7 Å². The van der Waals surface area contributed by atoms with E-state index < -0.39 is 5.97 Å². The lowest BCUT2D eigenvalue weighted by Gasteiger charge is -2.16. The fourth-order valence-corrected chi connectivity index (χ4v) is 3.79. The number of rotatable bonds is 9. The molecule has 0 fully saturated rings. The van der Waals surface area contributed by atoms with Gasteiger partial charge < -0.3 is 20.1 Å². The number of nitrogens with one attached hydrogen (secondary N) is 2. The quantitative estimate of drug-likeness (QED) is 0.565. The Kier molecular flexibility index (Phi) is 8.64. The summed E-state index contributed by atoms with van der Waals surface area (Å²) < 4.78 is 10.2. The van der Waals surface area contributed by atoms with E-state index in [9.17, 15) is 14.4 Å². The Balaban J connectivity index is 1.89. The molecule has 1 heterocycles. The number of thiophene rings is 1. The molecule has 2 amide bonds. The largest absolute Gasteiger partial charge is 0.495 e. The average molecular weight is 454 g/mol. The van der Waals surface area contributed by atoms with Gasteiger partial charge in [-0.1, -0.05) is 11.6 Å². The Bertz CT molecular complexity index is 931. The van der Waals surface area contributed by atoms with Crippen LogP contribution in [0, 0.1) is 6.92 Å². The second kappa shape index (κ2) is 11.0. The van der Waals surface area contributed by atoms with Gasteiger partial charge in [0, 0.05) is 5.02 Å². The van der Waals surface area contributed by atoms with Crippen LogP contribution < -0.4 is 15.4 Å². The van der Waals surface area contributed by atoms with E-state index in [0.717, 1.165) is 16.9 Å². The van der Waals surface area contributed by atoms with Crippen LogP contribution in [0.1, 0.15) is 22.2 Å². The highest BCUT2D eigenvalue weighted by Gasteiger charge is 2.17. The Morgan fingerprint density at radius 1 is 1.13 bits per heavy atom. The maximum absolute atomic E-state index is 12.3. The molecule has 0 aliphatic carbocycles. The van der Waals surface area contributed by atoms with Crippen molar-refractivity contribution in [1.82, 2.24) is 4.90 Å². The molecule has 162 valence electrons. The van der Waals surface area contributed by atoms with Gasteiger partial charge in [-0.2, -0.15) is 0 Å². The van der Waals surface area contributed by atoms with Crippen molar-refractivity contribution in [2.24, 2.45) is 0 Å².